The Labute approximate surface area is 109 Å². The molecule has 0 saturated carbocycles. The van der Waals surface area contributed by atoms with E-state index in [1.165, 1.54) is 0 Å². The Kier molecular flexibility index (Phi) is 2.53. The molecule has 1 aliphatic rings. The van der Waals surface area contributed by atoms with Gasteiger partial charge in [0.05, 0.1) is 5.57 Å². The molecular formula is C16H9O3-. The maximum atomic E-state index is 12.3. The first-order valence-electron chi connectivity index (χ1n) is 5.85. The third kappa shape index (κ3) is 1.67. The van der Waals surface area contributed by atoms with Gasteiger partial charge in [0.2, 0.25) is 0 Å². The number of ketones is 2. The summed E-state index contributed by atoms with van der Waals surface area (Å²) in [5.74, 6) is -1.46. The van der Waals surface area contributed by atoms with Crippen molar-refractivity contribution in [1.82, 2.24) is 0 Å². The minimum absolute atomic E-state index is 0.257. The lowest BCUT2D eigenvalue weighted by atomic mass is 10.0. The van der Waals surface area contributed by atoms with Crippen molar-refractivity contribution in [2.45, 2.75) is 0 Å². The van der Waals surface area contributed by atoms with Crippen LogP contribution >= 0.6 is 0 Å². The van der Waals surface area contributed by atoms with Crippen LogP contribution in [0.4, 0.5) is 0 Å². The summed E-state index contributed by atoms with van der Waals surface area (Å²) in [5.41, 5.74) is 0.720. The van der Waals surface area contributed by atoms with Gasteiger partial charge < -0.3 is 5.11 Å². The Morgan fingerprint density at radius 3 is 1.74 bits per heavy atom. The van der Waals surface area contributed by atoms with Crippen LogP contribution in [0.1, 0.15) is 26.3 Å². The highest BCUT2D eigenvalue weighted by Crippen LogP contribution is 2.29. The van der Waals surface area contributed by atoms with E-state index in [9.17, 15) is 14.7 Å². The molecule has 0 saturated heterocycles. The lowest BCUT2D eigenvalue weighted by molar-refractivity contribution is -0.244. The standard InChI is InChI=1S/C16H10O3/c17-14(10-6-2-1-3-7-10)13-15(18)11-8-4-5-9-12(11)16(13)19/h1-9,17H/p-1. The van der Waals surface area contributed by atoms with E-state index in [2.05, 4.69) is 0 Å². The van der Waals surface area contributed by atoms with Crippen LogP contribution in [0.2, 0.25) is 0 Å². The molecule has 0 aliphatic heterocycles. The largest absolute Gasteiger partial charge is 0.871 e. The van der Waals surface area contributed by atoms with Crippen LogP contribution in [0.25, 0.3) is 5.76 Å². The summed E-state index contributed by atoms with van der Waals surface area (Å²) in [6.45, 7) is 0. The Bertz CT molecular complexity index is 675. The van der Waals surface area contributed by atoms with E-state index in [-0.39, 0.29) is 5.57 Å². The molecule has 0 aromatic heterocycles. The molecule has 0 atom stereocenters. The fourth-order valence-corrected chi connectivity index (χ4v) is 2.19. The Hall–Kier alpha value is -2.68. The van der Waals surface area contributed by atoms with Gasteiger partial charge in [0, 0.05) is 11.1 Å². The van der Waals surface area contributed by atoms with Crippen molar-refractivity contribution in [2.24, 2.45) is 0 Å². The molecule has 0 radical (unpaired) electrons. The minimum atomic E-state index is -0.508. The van der Waals surface area contributed by atoms with Gasteiger partial charge in [-0.1, -0.05) is 60.4 Å². The summed E-state index contributed by atoms with van der Waals surface area (Å²) in [6.07, 6.45) is 0. The van der Waals surface area contributed by atoms with Gasteiger partial charge in [-0.2, -0.15) is 0 Å². The zero-order valence-corrected chi connectivity index (χ0v) is 9.92. The quantitative estimate of drug-likeness (QED) is 0.440. The summed E-state index contributed by atoms with van der Waals surface area (Å²) < 4.78 is 0. The first-order valence-corrected chi connectivity index (χ1v) is 5.85. The fraction of sp³-hybridized carbons (Fsp3) is 0. The van der Waals surface area contributed by atoms with E-state index < -0.39 is 17.3 Å². The van der Waals surface area contributed by atoms with E-state index in [0.717, 1.165) is 0 Å². The predicted molar refractivity (Wildman–Crippen MR) is 68.5 cm³/mol. The normalized spacial score (nSPS) is 13.6. The summed E-state index contributed by atoms with van der Waals surface area (Å²) in [7, 11) is 0. The zero-order valence-electron chi connectivity index (χ0n) is 9.92. The maximum Gasteiger partial charge on any atom is 0.197 e. The monoisotopic (exact) mass is 249 g/mol. The van der Waals surface area contributed by atoms with Gasteiger partial charge >= 0.3 is 0 Å². The van der Waals surface area contributed by atoms with Gasteiger partial charge in [-0.05, 0) is 5.56 Å². The van der Waals surface area contributed by atoms with Crippen molar-refractivity contribution < 1.29 is 14.7 Å². The molecule has 0 spiro atoms. The number of carbonyl (C=O) groups is 2. The Morgan fingerprint density at radius 2 is 1.21 bits per heavy atom. The molecule has 0 fully saturated rings. The van der Waals surface area contributed by atoms with Crippen LogP contribution in [-0.4, -0.2) is 11.6 Å². The lowest BCUT2D eigenvalue weighted by Gasteiger charge is -2.14. The number of allylic oxidation sites excluding steroid dienone is 1. The second-order valence-electron chi connectivity index (χ2n) is 4.27. The highest BCUT2D eigenvalue weighted by molar-refractivity contribution is 6.41. The molecule has 1 aliphatic carbocycles. The van der Waals surface area contributed by atoms with E-state index in [4.69, 9.17) is 0 Å². The SMILES string of the molecule is O=C1C(=C([O-])c2ccccc2)C(=O)c2ccccc21. The second kappa shape index (κ2) is 4.21. The highest BCUT2D eigenvalue weighted by atomic mass is 16.3. The van der Waals surface area contributed by atoms with Gasteiger partial charge in [0.1, 0.15) is 0 Å². The summed E-state index contributed by atoms with van der Waals surface area (Å²) >= 11 is 0. The Balaban J connectivity index is 2.19. The van der Waals surface area contributed by atoms with Crippen molar-refractivity contribution in [3.63, 3.8) is 0 Å². The van der Waals surface area contributed by atoms with Crippen LogP contribution in [0.5, 0.6) is 0 Å². The van der Waals surface area contributed by atoms with Gasteiger partial charge in [-0.3, -0.25) is 9.59 Å². The van der Waals surface area contributed by atoms with Crippen LogP contribution < -0.4 is 5.11 Å². The van der Waals surface area contributed by atoms with E-state index in [0.29, 0.717) is 16.7 Å². The maximum absolute atomic E-state index is 12.3. The lowest BCUT2D eigenvalue weighted by Crippen LogP contribution is -2.13. The summed E-state index contributed by atoms with van der Waals surface area (Å²) in [5, 5.41) is 12.3. The molecule has 92 valence electrons. The first-order chi connectivity index (χ1) is 9.20. The first kappa shape index (κ1) is 11.4. The van der Waals surface area contributed by atoms with Gasteiger partial charge in [-0.25, -0.2) is 0 Å². The van der Waals surface area contributed by atoms with Crippen molar-refractivity contribution in [2.75, 3.05) is 0 Å². The number of Topliss-reactive ketones (excluding diaryl/α,β-unsaturated/α-hetero) is 2. The van der Waals surface area contributed by atoms with Crippen molar-refractivity contribution in [3.05, 3.63) is 76.9 Å². The molecule has 0 bridgehead atoms. The average molecular weight is 249 g/mol. The number of hydrogen-bond acceptors (Lipinski definition) is 3. The van der Waals surface area contributed by atoms with Crippen molar-refractivity contribution in [3.8, 4) is 0 Å². The molecule has 0 heterocycles. The summed E-state index contributed by atoms with van der Waals surface area (Å²) in [6, 6.07) is 14.9. The van der Waals surface area contributed by atoms with Crippen molar-refractivity contribution in [1.29, 1.82) is 0 Å². The number of rotatable bonds is 1. The van der Waals surface area contributed by atoms with E-state index >= 15 is 0 Å². The molecule has 0 N–H and O–H groups in total. The number of hydrogen-bond donors (Lipinski definition) is 0. The number of fused-ring (bicyclic) bond motifs is 1. The molecule has 2 aromatic rings. The van der Waals surface area contributed by atoms with Gasteiger partial charge in [0.15, 0.2) is 11.6 Å². The van der Waals surface area contributed by atoms with Crippen LogP contribution in [0.3, 0.4) is 0 Å². The topological polar surface area (TPSA) is 57.2 Å². The minimum Gasteiger partial charge on any atom is -0.871 e. The molecular weight excluding hydrogens is 240 g/mol. The van der Waals surface area contributed by atoms with Crippen molar-refractivity contribution >= 4 is 17.3 Å². The third-order valence-electron chi connectivity index (χ3n) is 3.13. The van der Waals surface area contributed by atoms with Crippen LogP contribution in [0.15, 0.2) is 60.2 Å². The fourth-order valence-electron chi connectivity index (χ4n) is 2.19. The van der Waals surface area contributed by atoms with Gasteiger partial charge in [0.25, 0.3) is 0 Å². The molecule has 0 unspecified atom stereocenters. The molecule has 0 amide bonds. The molecule has 2 aromatic carbocycles. The third-order valence-corrected chi connectivity index (χ3v) is 3.13. The predicted octanol–water partition coefficient (Wildman–Crippen LogP) is 1.84. The zero-order chi connectivity index (χ0) is 13.4. The Morgan fingerprint density at radius 1 is 0.737 bits per heavy atom. The molecule has 3 heteroatoms. The summed E-state index contributed by atoms with van der Waals surface area (Å²) in [4.78, 5) is 24.3. The molecule has 3 rings (SSSR count). The van der Waals surface area contributed by atoms with Crippen LogP contribution in [-0.2, 0) is 0 Å². The smallest absolute Gasteiger partial charge is 0.197 e. The average Bonchev–Trinajstić information content (AvgIpc) is 2.72. The molecule has 3 nitrogen and oxygen atoms in total. The highest BCUT2D eigenvalue weighted by Gasteiger charge is 2.33. The number of carbonyl (C=O) groups excluding carboxylic acids is 2. The second-order valence-corrected chi connectivity index (χ2v) is 4.27. The molecule has 19 heavy (non-hydrogen) atoms. The number of benzene rings is 2. The van der Waals surface area contributed by atoms with E-state index in [1.54, 1.807) is 54.6 Å². The van der Waals surface area contributed by atoms with E-state index in [1.807, 2.05) is 0 Å². The van der Waals surface area contributed by atoms with Crippen LogP contribution in [0, 0.1) is 0 Å². The van der Waals surface area contributed by atoms with Gasteiger partial charge in [-0.15, -0.1) is 0 Å².